The van der Waals surface area contributed by atoms with Crippen LogP contribution in [0.25, 0.3) is 0 Å². The van der Waals surface area contributed by atoms with Crippen LogP contribution in [0, 0.1) is 11.3 Å². The van der Waals surface area contributed by atoms with Crippen LogP contribution in [0.1, 0.15) is 18.7 Å². The second-order valence-corrected chi connectivity index (χ2v) is 7.58. The molecule has 1 aliphatic heterocycles. The van der Waals surface area contributed by atoms with E-state index >= 15 is 0 Å². The van der Waals surface area contributed by atoms with Crippen molar-refractivity contribution in [1.29, 1.82) is 5.26 Å². The van der Waals surface area contributed by atoms with Gasteiger partial charge in [0.15, 0.2) is 0 Å². The molecule has 5 nitrogen and oxygen atoms in total. The normalized spacial score (nSPS) is 25.8. The summed E-state index contributed by atoms with van der Waals surface area (Å²) in [5, 5.41) is 12.0. The second-order valence-electron chi connectivity index (χ2n) is 4.42. The highest BCUT2D eigenvalue weighted by Crippen LogP contribution is 2.28. The molecule has 2 heterocycles. The van der Waals surface area contributed by atoms with E-state index < -0.39 is 10.0 Å². The molecule has 0 amide bonds. The summed E-state index contributed by atoms with van der Waals surface area (Å²) in [6.07, 6.45) is 0. The molecule has 0 spiro atoms. The first-order valence-corrected chi connectivity index (χ1v) is 7.96. The largest absolute Gasteiger partial charge is 0.314 e. The predicted octanol–water partition coefficient (Wildman–Crippen LogP) is 0.991. The molecule has 7 heteroatoms. The third-order valence-corrected chi connectivity index (χ3v) is 6.56. The van der Waals surface area contributed by atoms with Crippen LogP contribution in [0.5, 0.6) is 0 Å². The fourth-order valence-corrected chi connectivity index (χ4v) is 5.24. The lowest BCUT2D eigenvalue weighted by molar-refractivity contribution is 0.220. The summed E-state index contributed by atoms with van der Waals surface area (Å²) in [7, 11) is -3.49. The average Bonchev–Trinajstić information content (AvgIpc) is 2.77. The predicted molar refractivity (Wildman–Crippen MR) is 69.9 cm³/mol. The van der Waals surface area contributed by atoms with Crippen LogP contribution < -0.4 is 5.32 Å². The number of nitrogens with one attached hydrogen (secondary N) is 1. The Morgan fingerprint density at radius 3 is 2.50 bits per heavy atom. The molecular weight excluding hydrogens is 270 g/mol. The van der Waals surface area contributed by atoms with Crippen molar-refractivity contribution in [1.82, 2.24) is 9.62 Å². The molecule has 1 aromatic rings. The monoisotopic (exact) mass is 285 g/mol. The number of nitrogens with zero attached hydrogens (tertiary/aromatic N) is 2. The lowest BCUT2D eigenvalue weighted by Gasteiger charge is -2.37. The van der Waals surface area contributed by atoms with Gasteiger partial charge in [0, 0.05) is 25.2 Å². The number of hydrogen-bond donors (Lipinski definition) is 1. The number of hydrogen-bond acceptors (Lipinski definition) is 5. The van der Waals surface area contributed by atoms with E-state index in [0.29, 0.717) is 18.0 Å². The van der Waals surface area contributed by atoms with Crippen molar-refractivity contribution in [3.63, 3.8) is 0 Å². The Morgan fingerprint density at radius 2 is 2.00 bits per heavy atom. The maximum absolute atomic E-state index is 12.5. The van der Waals surface area contributed by atoms with E-state index in [1.807, 2.05) is 19.9 Å². The van der Waals surface area contributed by atoms with Gasteiger partial charge in [0.25, 0.3) is 10.0 Å². The second kappa shape index (κ2) is 4.97. The molecule has 1 N–H and O–H groups in total. The van der Waals surface area contributed by atoms with Crippen molar-refractivity contribution in [2.75, 3.05) is 13.1 Å². The van der Waals surface area contributed by atoms with Gasteiger partial charge in [0.2, 0.25) is 0 Å². The van der Waals surface area contributed by atoms with Crippen LogP contribution in [0.2, 0.25) is 0 Å². The molecular formula is C11H15N3O2S2. The zero-order valence-corrected chi connectivity index (χ0v) is 11.9. The molecule has 0 aliphatic carbocycles. The first-order valence-electron chi connectivity index (χ1n) is 5.71. The fraction of sp³-hybridized carbons (Fsp3) is 0.545. The minimum atomic E-state index is -3.49. The Balaban J connectivity index is 2.38. The van der Waals surface area contributed by atoms with E-state index in [1.54, 1.807) is 6.07 Å². The fourth-order valence-electron chi connectivity index (χ4n) is 2.21. The topological polar surface area (TPSA) is 73.2 Å². The number of sulfonamides is 1. The Hall–Kier alpha value is -0.940. The Morgan fingerprint density at radius 1 is 1.39 bits per heavy atom. The SMILES string of the molecule is CC1CNCC(C)N1S(=O)(=O)c1ccc(C#N)s1. The van der Waals surface area contributed by atoms with Gasteiger partial charge in [0.05, 0.1) is 0 Å². The lowest BCUT2D eigenvalue weighted by atomic mass is 10.2. The van der Waals surface area contributed by atoms with Gasteiger partial charge in [-0.15, -0.1) is 11.3 Å². The summed E-state index contributed by atoms with van der Waals surface area (Å²) >= 11 is 1.03. The van der Waals surface area contributed by atoms with Crippen molar-refractivity contribution in [2.45, 2.75) is 30.1 Å². The highest BCUT2D eigenvalue weighted by atomic mass is 32.2. The summed E-state index contributed by atoms with van der Waals surface area (Å²) in [5.41, 5.74) is 0. The van der Waals surface area contributed by atoms with Crippen LogP contribution in [0.4, 0.5) is 0 Å². The Labute approximate surface area is 111 Å². The van der Waals surface area contributed by atoms with Crippen molar-refractivity contribution in [3.05, 3.63) is 17.0 Å². The van der Waals surface area contributed by atoms with E-state index in [-0.39, 0.29) is 16.3 Å². The van der Waals surface area contributed by atoms with E-state index in [4.69, 9.17) is 5.26 Å². The molecule has 2 unspecified atom stereocenters. The Bertz CT molecular complexity index is 563. The molecule has 0 bridgehead atoms. The lowest BCUT2D eigenvalue weighted by Crippen LogP contribution is -2.56. The van der Waals surface area contributed by atoms with Crippen molar-refractivity contribution >= 4 is 21.4 Å². The summed E-state index contributed by atoms with van der Waals surface area (Å²) in [6.45, 7) is 5.08. The van der Waals surface area contributed by atoms with Gasteiger partial charge in [-0.1, -0.05) is 0 Å². The highest BCUT2D eigenvalue weighted by Gasteiger charge is 2.36. The number of thiophene rings is 1. The molecule has 1 aliphatic rings. The van der Waals surface area contributed by atoms with Crippen LogP contribution in [-0.2, 0) is 10.0 Å². The maximum Gasteiger partial charge on any atom is 0.253 e. The zero-order valence-electron chi connectivity index (χ0n) is 10.3. The van der Waals surface area contributed by atoms with E-state index in [9.17, 15) is 8.42 Å². The van der Waals surface area contributed by atoms with Gasteiger partial charge >= 0.3 is 0 Å². The average molecular weight is 285 g/mol. The van der Waals surface area contributed by atoms with Gasteiger partial charge in [0.1, 0.15) is 15.2 Å². The number of piperazine rings is 1. The zero-order chi connectivity index (χ0) is 13.3. The quantitative estimate of drug-likeness (QED) is 0.879. The molecule has 98 valence electrons. The highest BCUT2D eigenvalue weighted by molar-refractivity contribution is 7.91. The van der Waals surface area contributed by atoms with Crippen molar-refractivity contribution in [2.24, 2.45) is 0 Å². The van der Waals surface area contributed by atoms with E-state index in [2.05, 4.69) is 5.32 Å². The first kappa shape index (κ1) is 13.5. The van der Waals surface area contributed by atoms with Gasteiger partial charge < -0.3 is 5.32 Å². The van der Waals surface area contributed by atoms with Crippen molar-refractivity contribution in [3.8, 4) is 6.07 Å². The molecule has 1 fully saturated rings. The molecule has 18 heavy (non-hydrogen) atoms. The maximum atomic E-state index is 12.5. The van der Waals surface area contributed by atoms with Crippen LogP contribution >= 0.6 is 11.3 Å². The standard InChI is InChI=1S/C11H15N3O2S2/c1-8-6-13-7-9(2)14(8)18(15,16)11-4-3-10(5-12)17-11/h3-4,8-9,13H,6-7H2,1-2H3. The summed E-state index contributed by atoms with van der Waals surface area (Å²) in [4.78, 5) is 0.420. The molecule has 0 aromatic carbocycles. The third kappa shape index (κ3) is 2.29. The first-order chi connectivity index (χ1) is 8.46. The Kier molecular flexibility index (Phi) is 3.73. The smallest absolute Gasteiger partial charge is 0.253 e. The van der Waals surface area contributed by atoms with Crippen molar-refractivity contribution < 1.29 is 8.42 Å². The molecule has 0 saturated carbocycles. The molecule has 1 saturated heterocycles. The number of rotatable bonds is 2. The third-order valence-electron chi connectivity index (χ3n) is 2.97. The number of nitriles is 1. The summed E-state index contributed by atoms with van der Waals surface area (Å²) < 4.78 is 26.9. The molecule has 2 rings (SSSR count). The van der Waals surface area contributed by atoms with Gasteiger partial charge in [-0.2, -0.15) is 9.57 Å². The van der Waals surface area contributed by atoms with Gasteiger partial charge in [-0.3, -0.25) is 0 Å². The van der Waals surface area contributed by atoms with Crippen LogP contribution in [0.15, 0.2) is 16.3 Å². The summed E-state index contributed by atoms with van der Waals surface area (Å²) in [6, 6.07) is 4.88. The molecule has 2 atom stereocenters. The van der Waals surface area contributed by atoms with Gasteiger partial charge in [-0.25, -0.2) is 8.42 Å². The van der Waals surface area contributed by atoms with Gasteiger partial charge in [-0.05, 0) is 26.0 Å². The van der Waals surface area contributed by atoms with E-state index in [0.717, 1.165) is 11.3 Å². The minimum Gasteiger partial charge on any atom is -0.314 e. The molecule has 1 aromatic heterocycles. The van der Waals surface area contributed by atoms with E-state index in [1.165, 1.54) is 10.4 Å². The minimum absolute atomic E-state index is 0.0774. The van der Waals surface area contributed by atoms with Crippen LogP contribution in [-0.4, -0.2) is 37.9 Å². The summed E-state index contributed by atoms with van der Waals surface area (Å²) in [5.74, 6) is 0. The van der Waals surface area contributed by atoms with Crippen LogP contribution in [0.3, 0.4) is 0 Å². The molecule has 0 radical (unpaired) electrons.